The standard InChI is InChI=1S/C20H28N4O/c1-14-15(2)22-20(21-13-16-8-7-11-18(12-16)25-3)24-19(14)23-17-9-5-4-6-10-17/h7-8,11-12,17H,4-6,9-10,13H2,1-3H3,(H2,21,22,23,24). The molecule has 0 unspecified atom stereocenters. The fraction of sp³-hybridized carbons (Fsp3) is 0.500. The molecule has 0 amide bonds. The van der Waals surface area contributed by atoms with E-state index in [9.17, 15) is 0 Å². The number of rotatable bonds is 6. The third-order valence-electron chi connectivity index (χ3n) is 4.92. The molecule has 1 heterocycles. The Balaban J connectivity index is 1.70. The zero-order valence-electron chi connectivity index (χ0n) is 15.4. The molecule has 0 saturated heterocycles. The number of benzene rings is 1. The molecule has 1 aromatic heterocycles. The van der Waals surface area contributed by atoms with Crippen molar-refractivity contribution >= 4 is 11.8 Å². The third kappa shape index (κ3) is 4.62. The lowest BCUT2D eigenvalue weighted by Gasteiger charge is -2.24. The summed E-state index contributed by atoms with van der Waals surface area (Å²) < 4.78 is 5.28. The van der Waals surface area contributed by atoms with Crippen molar-refractivity contribution in [3.8, 4) is 5.75 Å². The summed E-state index contributed by atoms with van der Waals surface area (Å²) in [4.78, 5) is 9.31. The Morgan fingerprint density at radius 1 is 1.12 bits per heavy atom. The molecule has 5 nitrogen and oxygen atoms in total. The van der Waals surface area contributed by atoms with E-state index in [0.717, 1.165) is 28.4 Å². The molecule has 2 aromatic rings. The monoisotopic (exact) mass is 340 g/mol. The van der Waals surface area contributed by atoms with Crippen LogP contribution in [0.15, 0.2) is 24.3 Å². The highest BCUT2D eigenvalue weighted by molar-refractivity contribution is 5.50. The molecular formula is C20H28N4O. The van der Waals surface area contributed by atoms with E-state index in [0.29, 0.717) is 18.5 Å². The van der Waals surface area contributed by atoms with Crippen molar-refractivity contribution in [3.63, 3.8) is 0 Å². The van der Waals surface area contributed by atoms with Gasteiger partial charge in [-0.15, -0.1) is 0 Å². The zero-order valence-corrected chi connectivity index (χ0v) is 15.4. The van der Waals surface area contributed by atoms with Gasteiger partial charge in [0.1, 0.15) is 11.6 Å². The second-order valence-electron chi connectivity index (χ2n) is 6.79. The Morgan fingerprint density at radius 3 is 2.68 bits per heavy atom. The Morgan fingerprint density at radius 2 is 1.92 bits per heavy atom. The first-order valence-electron chi connectivity index (χ1n) is 9.14. The minimum absolute atomic E-state index is 0.535. The molecule has 0 bridgehead atoms. The van der Waals surface area contributed by atoms with Crippen LogP contribution in [0.3, 0.4) is 0 Å². The number of nitrogens with one attached hydrogen (secondary N) is 2. The van der Waals surface area contributed by atoms with Crippen molar-refractivity contribution in [1.29, 1.82) is 0 Å². The molecule has 1 fully saturated rings. The lowest BCUT2D eigenvalue weighted by molar-refractivity contribution is 0.414. The van der Waals surface area contributed by atoms with Gasteiger partial charge in [0.15, 0.2) is 0 Å². The first-order chi connectivity index (χ1) is 12.2. The number of hydrogen-bond acceptors (Lipinski definition) is 5. The molecule has 1 aliphatic rings. The van der Waals surface area contributed by atoms with Crippen LogP contribution in [0.25, 0.3) is 0 Å². The van der Waals surface area contributed by atoms with E-state index >= 15 is 0 Å². The highest BCUT2D eigenvalue weighted by Crippen LogP contribution is 2.24. The topological polar surface area (TPSA) is 59.1 Å². The number of anilines is 2. The van der Waals surface area contributed by atoms with Gasteiger partial charge in [0.05, 0.1) is 7.11 Å². The van der Waals surface area contributed by atoms with Crippen molar-refractivity contribution in [2.45, 2.75) is 58.5 Å². The van der Waals surface area contributed by atoms with Crippen LogP contribution in [-0.4, -0.2) is 23.1 Å². The van der Waals surface area contributed by atoms with Crippen LogP contribution in [0.5, 0.6) is 5.75 Å². The molecule has 25 heavy (non-hydrogen) atoms. The Bertz CT molecular complexity index is 711. The van der Waals surface area contributed by atoms with Crippen LogP contribution < -0.4 is 15.4 Å². The molecule has 0 atom stereocenters. The maximum absolute atomic E-state index is 5.28. The molecule has 0 aliphatic heterocycles. The fourth-order valence-corrected chi connectivity index (χ4v) is 3.25. The quantitative estimate of drug-likeness (QED) is 0.813. The average molecular weight is 340 g/mol. The maximum Gasteiger partial charge on any atom is 0.225 e. The summed E-state index contributed by atoms with van der Waals surface area (Å²) in [6.45, 7) is 4.80. The third-order valence-corrected chi connectivity index (χ3v) is 4.92. The molecule has 1 saturated carbocycles. The molecule has 0 spiro atoms. The number of nitrogens with zero attached hydrogens (tertiary/aromatic N) is 2. The highest BCUT2D eigenvalue weighted by Gasteiger charge is 2.16. The molecule has 5 heteroatoms. The van der Waals surface area contributed by atoms with Gasteiger partial charge < -0.3 is 15.4 Å². The summed E-state index contributed by atoms with van der Waals surface area (Å²) in [7, 11) is 1.68. The van der Waals surface area contributed by atoms with E-state index in [4.69, 9.17) is 9.72 Å². The van der Waals surface area contributed by atoms with Crippen LogP contribution in [-0.2, 0) is 6.54 Å². The van der Waals surface area contributed by atoms with Crippen LogP contribution in [0.4, 0.5) is 11.8 Å². The summed E-state index contributed by atoms with van der Waals surface area (Å²) in [5, 5.41) is 6.98. The van der Waals surface area contributed by atoms with Crippen molar-refractivity contribution in [2.75, 3.05) is 17.7 Å². The molecule has 3 rings (SSSR count). The second-order valence-corrected chi connectivity index (χ2v) is 6.79. The summed E-state index contributed by atoms with van der Waals surface area (Å²) in [6.07, 6.45) is 6.43. The van der Waals surface area contributed by atoms with E-state index in [1.54, 1.807) is 7.11 Å². The molecule has 1 aromatic carbocycles. The van der Waals surface area contributed by atoms with E-state index in [-0.39, 0.29) is 0 Å². The van der Waals surface area contributed by atoms with Crippen molar-refractivity contribution in [2.24, 2.45) is 0 Å². The summed E-state index contributed by atoms with van der Waals surface area (Å²) in [6, 6.07) is 8.57. The predicted molar refractivity (Wildman–Crippen MR) is 102 cm³/mol. The first kappa shape index (κ1) is 17.5. The molecule has 0 radical (unpaired) electrons. The minimum atomic E-state index is 0.535. The van der Waals surface area contributed by atoms with Gasteiger partial charge in [-0.3, -0.25) is 0 Å². The van der Waals surface area contributed by atoms with E-state index in [1.807, 2.05) is 25.1 Å². The highest BCUT2D eigenvalue weighted by atomic mass is 16.5. The van der Waals surface area contributed by atoms with E-state index in [1.165, 1.54) is 32.1 Å². The van der Waals surface area contributed by atoms with Crippen LogP contribution in [0.2, 0.25) is 0 Å². The van der Waals surface area contributed by atoms with Gasteiger partial charge in [-0.25, -0.2) is 4.98 Å². The van der Waals surface area contributed by atoms with Crippen LogP contribution in [0, 0.1) is 13.8 Å². The van der Waals surface area contributed by atoms with Gasteiger partial charge in [0, 0.05) is 23.8 Å². The van der Waals surface area contributed by atoms with Gasteiger partial charge in [0.25, 0.3) is 0 Å². The number of aromatic nitrogens is 2. The smallest absolute Gasteiger partial charge is 0.225 e. The number of methoxy groups -OCH3 is 1. The van der Waals surface area contributed by atoms with Gasteiger partial charge in [-0.05, 0) is 44.4 Å². The number of aryl methyl sites for hydroxylation is 1. The summed E-state index contributed by atoms with van der Waals surface area (Å²) in [5.41, 5.74) is 3.29. The Hall–Kier alpha value is -2.30. The lowest BCUT2D eigenvalue weighted by Crippen LogP contribution is -2.24. The van der Waals surface area contributed by atoms with E-state index < -0.39 is 0 Å². The molecule has 1 aliphatic carbocycles. The van der Waals surface area contributed by atoms with Crippen molar-refractivity contribution < 1.29 is 4.74 Å². The largest absolute Gasteiger partial charge is 0.497 e. The molecule has 134 valence electrons. The predicted octanol–water partition coefficient (Wildman–Crippen LogP) is 4.46. The number of ether oxygens (including phenoxy) is 1. The molecular weight excluding hydrogens is 312 g/mol. The zero-order chi connectivity index (χ0) is 17.6. The Labute approximate surface area is 150 Å². The summed E-state index contributed by atoms with van der Waals surface area (Å²) >= 11 is 0. The average Bonchev–Trinajstić information content (AvgIpc) is 2.65. The van der Waals surface area contributed by atoms with Gasteiger partial charge >= 0.3 is 0 Å². The molecule has 2 N–H and O–H groups in total. The van der Waals surface area contributed by atoms with Gasteiger partial charge in [0.2, 0.25) is 5.95 Å². The normalized spacial score (nSPS) is 15.0. The Kier molecular flexibility index (Phi) is 5.74. The second kappa shape index (κ2) is 8.19. The van der Waals surface area contributed by atoms with Crippen LogP contribution in [0.1, 0.15) is 48.9 Å². The fourth-order valence-electron chi connectivity index (χ4n) is 3.25. The van der Waals surface area contributed by atoms with Gasteiger partial charge in [-0.2, -0.15) is 4.98 Å². The van der Waals surface area contributed by atoms with Crippen molar-refractivity contribution in [3.05, 3.63) is 41.1 Å². The maximum atomic E-state index is 5.28. The SMILES string of the molecule is COc1cccc(CNc2nc(C)c(C)c(NC3CCCCC3)n2)c1. The minimum Gasteiger partial charge on any atom is -0.497 e. The number of hydrogen-bond donors (Lipinski definition) is 2. The van der Waals surface area contributed by atoms with E-state index in [2.05, 4.69) is 28.6 Å². The van der Waals surface area contributed by atoms with Crippen molar-refractivity contribution in [1.82, 2.24) is 9.97 Å². The first-order valence-corrected chi connectivity index (χ1v) is 9.14. The van der Waals surface area contributed by atoms with Crippen LogP contribution >= 0.6 is 0 Å². The lowest BCUT2D eigenvalue weighted by atomic mass is 9.95. The summed E-state index contributed by atoms with van der Waals surface area (Å²) in [5.74, 6) is 2.50. The van der Waals surface area contributed by atoms with Gasteiger partial charge in [-0.1, -0.05) is 31.4 Å².